The van der Waals surface area contributed by atoms with Gasteiger partial charge in [0.05, 0.1) is 12.7 Å². The maximum Gasteiger partial charge on any atom is 0.216 e. The highest BCUT2D eigenvalue weighted by atomic mass is 16.5. The Bertz CT molecular complexity index is 123. The number of methoxy groups -OCH3 is 1. The molecule has 0 aliphatic rings. The fourth-order valence-electron chi connectivity index (χ4n) is 0.878. The molecule has 0 aromatic heterocycles. The molecule has 1 amide bonds. The third kappa shape index (κ3) is 6.12. The standard InChI is InChI=1S/C8H17NO3/c1-7(11)9-5-3-4-8(6-10)12-2/h8,10H,3-6H2,1-2H3,(H,9,11)/t8-/m0/s1. The van der Waals surface area contributed by atoms with E-state index in [2.05, 4.69) is 5.32 Å². The van der Waals surface area contributed by atoms with E-state index in [-0.39, 0.29) is 18.6 Å². The summed E-state index contributed by atoms with van der Waals surface area (Å²) in [6.45, 7) is 2.17. The Kier molecular flexibility index (Phi) is 6.70. The average molecular weight is 175 g/mol. The summed E-state index contributed by atoms with van der Waals surface area (Å²) in [4.78, 5) is 10.4. The minimum absolute atomic E-state index is 0.0204. The normalized spacial score (nSPS) is 12.6. The Labute approximate surface area is 72.9 Å². The van der Waals surface area contributed by atoms with Crippen molar-refractivity contribution in [3.8, 4) is 0 Å². The predicted molar refractivity (Wildman–Crippen MR) is 45.8 cm³/mol. The minimum Gasteiger partial charge on any atom is -0.394 e. The van der Waals surface area contributed by atoms with Crippen molar-refractivity contribution in [1.29, 1.82) is 0 Å². The van der Waals surface area contributed by atoms with Gasteiger partial charge in [-0.25, -0.2) is 0 Å². The van der Waals surface area contributed by atoms with Crippen LogP contribution in [0.5, 0.6) is 0 Å². The Morgan fingerprint density at radius 2 is 2.33 bits per heavy atom. The predicted octanol–water partition coefficient (Wildman–Crippen LogP) is -0.0900. The number of aliphatic hydroxyl groups is 1. The van der Waals surface area contributed by atoms with Crippen molar-refractivity contribution in [3.63, 3.8) is 0 Å². The molecule has 0 aromatic rings. The van der Waals surface area contributed by atoms with Crippen LogP contribution in [0.4, 0.5) is 0 Å². The SMILES string of the molecule is CO[C@H](CO)CCCNC(C)=O. The van der Waals surface area contributed by atoms with E-state index in [1.54, 1.807) is 7.11 Å². The van der Waals surface area contributed by atoms with Gasteiger partial charge in [0, 0.05) is 20.6 Å². The van der Waals surface area contributed by atoms with E-state index in [4.69, 9.17) is 9.84 Å². The molecular formula is C8H17NO3. The molecule has 0 aliphatic heterocycles. The quantitative estimate of drug-likeness (QED) is 0.555. The second kappa shape index (κ2) is 7.06. The number of amides is 1. The molecule has 0 unspecified atom stereocenters. The van der Waals surface area contributed by atoms with Gasteiger partial charge in [-0.05, 0) is 12.8 Å². The molecule has 0 heterocycles. The zero-order valence-electron chi connectivity index (χ0n) is 7.67. The summed E-state index contributed by atoms with van der Waals surface area (Å²) < 4.78 is 4.94. The van der Waals surface area contributed by atoms with Crippen molar-refractivity contribution in [1.82, 2.24) is 5.32 Å². The smallest absolute Gasteiger partial charge is 0.216 e. The summed E-state index contributed by atoms with van der Waals surface area (Å²) >= 11 is 0. The number of hydrogen-bond donors (Lipinski definition) is 2. The Morgan fingerprint density at radius 3 is 2.75 bits per heavy atom. The van der Waals surface area contributed by atoms with Crippen LogP contribution in [0.3, 0.4) is 0 Å². The van der Waals surface area contributed by atoms with E-state index in [1.165, 1.54) is 6.92 Å². The van der Waals surface area contributed by atoms with Crippen molar-refractivity contribution in [2.45, 2.75) is 25.9 Å². The van der Waals surface area contributed by atoms with Crippen molar-refractivity contribution in [2.24, 2.45) is 0 Å². The molecule has 0 saturated heterocycles. The third-order valence-electron chi connectivity index (χ3n) is 1.61. The minimum atomic E-state index is -0.0984. The van der Waals surface area contributed by atoms with Crippen LogP contribution in [-0.2, 0) is 9.53 Å². The van der Waals surface area contributed by atoms with Gasteiger partial charge in [0.15, 0.2) is 0 Å². The maximum absolute atomic E-state index is 10.4. The summed E-state index contributed by atoms with van der Waals surface area (Å²) in [7, 11) is 1.57. The number of nitrogens with one attached hydrogen (secondary N) is 1. The molecule has 0 fully saturated rings. The Balaban J connectivity index is 3.23. The van der Waals surface area contributed by atoms with Gasteiger partial charge in [0.25, 0.3) is 0 Å². The molecular weight excluding hydrogens is 158 g/mol. The van der Waals surface area contributed by atoms with E-state index in [0.29, 0.717) is 6.54 Å². The number of ether oxygens (including phenoxy) is 1. The molecule has 0 aliphatic carbocycles. The molecule has 1 atom stereocenters. The van der Waals surface area contributed by atoms with Gasteiger partial charge in [-0.2, -0.15) is 0 Å². The molecule has 0 radical (unpaired) electrons. The first-order chi connectivity index (χ1) is 5.70. The molecule has 72 valence electrons. The van der Waals surface area contributed by atoms with Crippen LogP contribution in [0, 0.1) is 0 Å². The molecule has 12 heavy (non-hydrogen) atoms. The maximum atomic E-state index is 10.4. The summed E-state index contributed by atoms with van der Waals surface area (Å²) in [6, 6.07) is 0. The number of carbonyl (C=O) groups excluding carboxylic acids is 1. The lowest BCUT2D eigenvalue weighted by molar-refractivity contribution is -0.119. The first-order valence-electron chi connectivity index (χ1n) is 4.08. The molecule has 4 heteroatoms. The molecule has 4 nitrogen and oxygen atoms in total. The largest absolute Gasteiger partial charge is 0.394 e. The van der Waals surface area contributed by atoms with Crippen LogP contribution in [0.1, 0.15) is 19.8 Å². The zero-order valence-corrected chi connectivity index (χ0v) is 7.67. The molecule has 0 spiro atoms. The average Bonchev–Trinajstić information content (AvgIpc) is 2.04. The van der Waals surface area contributed by atoms with Crippen molar-refractivity contribution >= 4 is 5.91 Å². The first kappa shape index (κ1) is 11.4. The van der Waals surface area contributed by atoms with Crippen LogP contribution in [0.25, 0.3) is 0 Å². The van der Waals surface area contributed by atoms with Crippen LogP contribution in [-0.4, -0.2) is 37.4 Å². The summed E-state index contributed by atoms with van der Waals surface area (Å²) in [6.07, 6.45) is 1.50. The second-order valence-electron chi connectivity index (χ2n) is 2.67. The van der Waals surface area contributed by atoms with Crippen molar-refractivity contribution < 1.29 is 14.6 Å². The second-order valence-corrected chi connectivity index (χ2v) is 2.67. The molecule has 0 rings (SSSR count). The fraction of sp³-hybridized carbons (Fsp3) is 0.875. The molecule has 2 N–H and O–H groups in total. The molecule has 0 saturated carbocycles. The van der Waals surface area contributed by atoms with Gasteiger partial charge in [0.1, 0.15) is 0 Å². The monoisotopic (exact) mass is 175 g/mol. The van der Waals surface area contributed by atoms with Crippen LogP contribution >= 0.6 is 0 Å². The van der Waals surface area contributed by atoms with Crippen LogP contribution < -0.4 is 5.32 Å². The Morgan fingerprint density at radius 1 is 1.67 bits per heavy atom. The van der Waals surface area contributed by atoms with E-state index in [9.17, 15) is 4.79 Å². The molecule has 0 bridgehead atoms. The zero-order chi connectivity index (χ0) is 9.40. The highest BCUT2D eigenvalue weighted by molar-refractivity contribution is 5.72. The number of carbonyl (C=O) groups is 1. The lowest BCUT2D eigenvalue weighted by Gasteiger charge is -2.11. The molecule has 0 aromatic carbocycles. The number of aliphatic hydroxyl groups excluding tert-OH is 1. The Hall–Kier alpha value is -0.610. The highest BCUT2D eigenvalue weighted by Gasteiger charge is 2.03. The van der Waals surface area contributed by atoms with Gasteiger partial charge >= 0.3 is 0 Å². The van der Waals surface area contributed by atoms with Crippen LogP contribution in [0.15, 0.2) is 0 Å². The van der Waals surface area contributed by atoms with Gasteiger partial charge in [0.2, 0.25) is 5.91 Å². The van der Waals surface area contributed by atoms with E-state index in [1.807, 2.05) is 0 Å². The van der Waals surface area contributed by atoms with E-state index in [0.717, 1.165) is 12.8 Å². The summed E-state index contributed by atoms with van der Waals surface area (Å²) in [5.74, 6) is -0.0204. The highest BCUT2D eigenvalue weighted by Crippen LogP contribution is 1.98. The topological polar surface area (TPSA) is 58.6 Å². The van der Waals surface area contributed by atoms with Gasteiger partial charge < -0.3 is 15.2 Å². The van der Waals surface area contributed by atoms with Crippen molar-refractivity contribution in [2.75, 3.05) is 20.3 Å². The van der Waals surface area contributed by atoms with Crippen molar-refractivity contribution in [3.05, 3.63) is 0 Å². The van der Waals surface area contributed by atoms with Gasteiger partial charge in [-0.1, -0.05) is 0 Å². The third-order valence-corrected chi connectivity index (χ3v) is 1.61. The van der Waals surface area contributed by atoms with Crippen LogP contribution in [0.2, 0.25) is 0 Å². The summed E-state index contributed by atoms with van der Waals surface area (Å²) in [5, 5.41) is 11.4. The number of hydrogen-bond acceptors (Lipinski definition) is 3. The number of rotatable bonds is 6. The first-order valence-corrected chi connectivity index (χ1v) is 4.08. The van der Waals surface area contributed by atoms with E-state index < -0.39 is 0 Å². The summed E-state index contributed by atoms with van der Waals surface area (Å²) in [5.41, 5.74) is 0. The lowest BCUT2D eigenvalue weighted by Crippen LogP contribution is -2.23. The fourth-order valence-corrected chi connectivity index (χ4v) is 0.878. The lowest BCUT2D eigenvalue weighted by atomic mass is 10.2. The van der Waals surface area contributed by atoms with Gasteiger partial charge in [-0.3, -0.25) is 4.79 Å². The van der Waals surface area contributed by atoms with Gasteiger partial charge in [-0.15, -0.1) is 0 Å². The van der Waals surface area contributed by atoms with E-state index >= 15 is 0 Å².